The lowest BCUT2D eigenvalue weighted by Gasteiger charge is -2.35. The molecule has 0 bridgehead atoms. The Morgan fingerprint density at radius 1 is 1.19 bits per heavy atom. The van der Waals surface area contributed by atoms with Crippen LogP contribution in [0.25, 0.3) is 5.65 Å². The molecule has 27 heavy (non-hydrogen) atoms. The van der Waals surface area contributed by atoms with Gasteiger partial charge < -0.3 is 4.74 Å². The normalized spacial score (nSPS) is 20.6. The van der Waals surface area contributed by atoms with Crippen LogP contribution < -0.4 is 0 Å². The van der Waals surface area contributed by atoms with Crippen LogP contribution in [0.15, 0.2) is 6.07 Å². The summed E-state index contributed by atoms with van der Waals surface area (Å²) in [4.78, 5) is 19.5. The number of piperidine rings is 1. The number of nitrogens with zero attached hydrogens (tertiary/aromatic N) is 4. The van der Waals surface area contributed by atoms with E-state index in [1.807, 2.05) is 30.2 Å². The lowest BCUT2D eigenvalue weighted by molar-refractivity contribution is 0.00897. The van der Waals surface area contributed by atoms with Crippen LogP contribution in [0.3, 0.4) is 0 Å². The molecule has 1 fully saturated rings. The fourth-order valence-corrected chi connectivity index (χ4v) is 4.33. The SMILES string of the molecule is Cc1c2c(nc3cc(C4CCCCN4C(=O)OC(C)(C)C)nn13)CCCC2. The summed E-state index contributed by atoms with van der Waals surface area (Å²) in [7, 11) is 0. The molecule has 1 aliphatic heterocycles. The summed E-state index contributed by atoms with van der Waals surface area (Å²) in [5.74, 6) is 0. The molecule has 2 aromatic rings. The highest BCUT2D eigenvalue weighted by Gasteiger charge is 2.33. The summed E-state index contributed by atoms with van der Waals surface area (Å²) < 4.78 is 7.62. The van der Waals surface area contributed by atoms with E-state index in [1.165, 1.54) is 29.8 Å². The minimum Gasteiger partial charge on any atom is -0.444 e. The van der Waals surface area contributed by atoms with Crippen LogP contribution in [0.1, 0.15) is 81.6 Å². The average Bonchev–Trinajstić information content (AvgIpc) is 3.05. The van der Waals surface area contributed by atoms with E-state index in [2.05, 4.69) is 13.0 Å². The summed E-state index contributed by atoms with van der Waals surface area (Å²) in [5.41, 5.74) is 5.12. The molecule has 1 aliphatic carbocycles. The maximum Gasteiger partial charge on any atom is 0.410 e. The first-order chi connectivity index (χ1) is 12.8. The molecule has 6 nitrogen and oxygen atoms in total. The first-order valence-corrected chi connectivity index (χ1v) is 10.2. The van der Waals surface area contributed by atoms with Crippen molar-refractivity contribution in [1.29, 1.82) is 0 Å². The Hall–Kier alpha value is -2.11. The van der Waals surface area contributed by atoms with Crippen molar-refractivity contribution in [3.8, 4) is 0 Å². The fraction of sp³-hybridized carbons (Fsp3) is 0.667. The van der Waals surface area contributed by atoms with Gasteiger partial charge in [-0.1, -0.05) is 0 Å². The molecule has 1 saturated heterocycles. The topological polar surface area (TPSA) is 59.7 Å². The highest BCUT2D eigenvalue weighted by molar-refractivity contribution is 5.69. The lowest BCUT2D eigenvalue weighted by atomic mass is 9.95. The average molecular weight is 370 g/mol. The summed E-state index contributed by atoms with van der Waals surface area (Å²) in [5, 5.41) is 4.88. The highest BCUT2D eigenvalue weighted by Crippen LogP contribution is 2.33. The number of aromatic nitrogens is 3. The van der Waals surface area contributed by atoms with Crippen molar-refractivity contribution >= 4 is 11.7 Å². The molecule has 1 atom stereocenters. The molecule has 2 aliphatic rings. The van der Waals surface area contributed by atoms with Gasteiger partial charge in [-0.25, -0.2) is 14.3 Å². The molecule has 3 heterocycles. The highest BCUT2D eigenvalue weighted by atomic mass is 16.6. The summed E-state index contributed by atoms with van der Waals surface area (Å²) in [6.07, 6.45) is 7.37. The summed E-state index contributed by atoms with van der Waals surface area (Å²) >= 11 is 0. The van der Waals surface area contributed by atoms with E-state index in [0.29, 0.717) is 0 Å². The quantitative estimate of drug-likeness (QED) is 0.747. The molecule has 1 amide bonds. The van der Waals surface area contributed by atoms with Crippen LogP contribution in [0.2, 0.25) is 0 Å². The van der Waals surface area contributed by atoms with Crippen molar-refractivity contribution in [2.24, 2.45) is 0 Å². The first kappa shape index (κ1) is 18.3. The van der Waals surface area contributed by atoms with E-state index in [1.54, 1.807) is 0 Å². The smallest absolute Gasteiger partial charge is 0.410 e. The number of hydrogen-bond acceptors (Lipinski definition) is 4. The van der Waals surface area contributed by atoms with Crippen LogP contribution in [-0.4, -0.2) is 37.7 Å². The van der Waals surface area contributed by atoms with Gasteiger partial charge in [0.1, 0.15) is 5.60 Å². The van der Waals surface area contributed by atoms with E-state index in [-0.39, 0.29) is 12.1 Å². The van der Waals surface area contributed by atoms with Gasteiger partial charge in [-0.05, 0) is 78.2 Å². The number of rotatable bonds is 1. The third-order valence-corrected chi connectivity index (χ3v) is 5.62. The monoisotopic (exact) mass is 370 g/mol. The van der Waals surface area contributed by atoms with Crippen molar-refractivity contribution in [3.05, 3.63) is 28.7 Å². The molecule has 1 unspecified atom stereocenters. The third kappa shape index (κ3) is 3.54. The predicted molar refractivity (Wildman–Crippen MR) is 104 cm³/mol. The second kappa shape index (κ2) is 6.80. The number of ether oxygens (including phenoxy) is 1. The van der Waals surface area contributed by atoms with Gasteiger partial charge >= 0.3 is 6.09 Å². The number of amides is 1. The Kier molecular flexibility index (Phi) is 4.60. The Labute approximate surface area is 160 Å². The minimum absolute atomic E-state index is 0.0354. The van der Waals surface area contributed by atoms with Crippen LogP contribution >= 0.6 is 0 Å². The Balaban J connectivity index is 1.69. The Bertz CT molecular complexity index is 865. The number of hydrogen-bond donors (Lipinski definition) is 0. The number of fused-ring (bicyclic) bond motifs is 2. The minimum atomic E-state index is -0.491. The zero-order chi connectivity index (χ0) is 19.2. The number of likely N-dealkylation sites (tertiary alicyclic amines) is 1. The van der Waals surface area contributed by atoms with Crippen LogP contribution in [-0.2, 0) is 17.6 Å². The third-order valence-electron chi connectivity index (χ3n) is 5.62. The van der Waals surface area contributed by atoms with Gasteiger partial charge in [0.2, 0.25) is 0 Å². The Morgan fingerprint density at radius 2 is 1.96 bits per heavy atom. The molecule has 0 radical (unpaired) electrons. The molecule has 0 saturated carbocycles. The maximum absolute atomic E-state index is 12.7. The van der Waals surface area contributed by atoms with E-state index >= 15 is 0 Å². The van der Waals surface area contributed by atoms with E-state index in [0.717, 1.165) is 50.0 Å². The van der Waals surface area contributed by atoms with Crippen molar-refractivity contribution in [3.63, 3.8) is 0 Å². The maximum atomic E-state index is 12.7. The summed E-state index contributed by atoms with van der Waals surface area (Å²) in [6.45, 7) is 8.59. The molecule has 0 aromatic carbocycles. The van der Waals surface area contributed by atoms with Gasteiger partial charge in [-0.2, -0.15) is 5.10 Å². The number of carbonyl (C=O) groups excluding carboxylic acids is 1. The van der Waals surface area contributed by atoms with Crippen molar-refractivity contribution in [2.45, 2.75) is 84.3 Å². The standard InChI is InChI=1S/C21H30N4O2/c1-14-15-9-5-6-10-16(15)22-19-13-17(23-25(14)19)18-11-7-8-12-24(18)20(26)27-21(2,3)4/h13,18H,5-12H2,1-4H3. The van der Waals surface area contributed by atoms with Crippen molar-refractivity contribution < 1.29 is 9.53 Å². The summed E-state index contributed by atoms with van der Waals surface area (Å²) in [6, 6.07) is 2.03. The molecule has 6 heteroatoms. The van der Waals surface area contributed by atoms with Gasteiger partial charge in [0.15, 0.2) is 5.65 Å². The first-order valence-electron chi connectivity index (χ1n) is 10.2. The molecule has 0 N–H and O–H groups in total. The number of carbonyl (C=O) groups is 1. The van der Waals surface area contributed by atoms with Crippen molar-refractivity contribution in [2.75, 3.05) is 6.54 Å². The van der Waals surface area contributed by atoms with E-state index in [9.17, 15) is 4.79 Å². The molecule has 0 spiro atoms. The molecule has 4 rings (SSSR count). The lowest BCUT2D eigenvalue weighted by Crippen LogP contribution is -2.42. The van der Waals surface area contributed by atoms with Crippen molar-refractivity contribution in [1.82, 2.24) is 19.5 Å². The zero-order valence-corrected chi connectivity index (χ0v) is 16.9. The van der Waals surface area contributed by atoms with Crippen LogP contribution in [0, 0.1) is 6.92 Å². The fourth-order valence-electron chi connectivity index (χ4n) is 4.33. The largest absolute Gasteiger partial charge is 0.444 e. The molecule has 146 valence electrons. The second-order valence-corrected chi connectivity index (χ2v) is 8.85. The molecule has 2 aromatic heterocycles. The van der Waals surface area contributed by atoms with Crippen LogP contribution in [0.5, 0.6) is 0 Å². The molecular formula is C21H30N4O2. The number of aryl methyl sites for hydroxylation is 2. The predicted octanol–water partition coefficient (Wildman–Crippen LogP) is 4.38. The van der Waals surface area contributed by atoms with E-state index < -0.39 is 5.60 Å². The second-order valence-electron chi connectivity index (χ2n) is 8.85. The van der Waals surface area contributed by atoms with Gasteiger partial charge in [0.05, 0.1) is 11.7 Å². The van der Waals surface area contributed by atoms with Gasteiger partial charge in [0.25, 0.3) is 0 Å². The van der Waals surface area contributed by atoms with Gasteiger partial charge in [0, 0.05) is 24.0 Å². The van der Waals surface area contributed by atoms with Crippen LogP contribution in [0.4, 0.5) is 4.79 Å². The zero-order valence-electron chi connectivity index (χ0n) is 16.9. The van der Waals surface area contributed by atoms with Gasteiger partial charge in [-0.3, -0.25) is 4.90 Å². The van der Waals surface area contributed by atoms with Gasteiger partial charge in [-0.15, -0.1) is 0 Å². The molecular weight excluding hydrogens is 340 g/mol. The Morgan fingerprint density at radius 3 is 2.74 bits per heavy atom. The van der Waals surface area contributed by atoms with E-state index in [4.69, 9.17) is 14.8 Å².